The van der Waals surface area contributed by atoms with Crippen LogP contribution >= 0.6 is 0 Å². The fraction of sp³-hybridized carbons (Fsp3) is 0.778. The van der Waals surface area contributed by atoms with Crippen LogP contribution in [0.3, 0.4) is 0 Å². The molecule has 2 nitrogen and oxygen atoms in total. The van der Waals surface area contributed by atoms with Gasteiger partial charge in [0.25, 0.3) is 0 Å². The lowest BCUT2D eigenvalue weighted by molar-refractivity contribution is 0.604. The van der Waals surface area contributed by atoms with E-state index in [9.17, 15) is 4.21 Å². The normalized spacial score (nSPS) is 28.2. The molecule has 4 heteroatoms. The Hall–Kier alpha value is -0.193. The highest BCUT2D eigenvalue weighted by atomic mass is 32.2. The minimum absolute atomic E-state index is 0.191. The lowest BCUT2D eigenvalue weighted by Crippen LogP contribution is -2.29. The number of rotatable bonds is 7. The fourth-order valence-electron chi connectivity index (χ4n) is 2.52. The number of allylic oxidation sites excluding steroid dienone is 1. The third-order valence-electron chi connectivity index (χ3n) is 3.79. The van der Waals surface area contributed by atoms with E-state index in [1.165, 1.54) is 12.0 Å². The van der Waals surface area contributed by atoms with Gasteiger partial charge < -0.3 is 0 Å². The van der Waals surface area contributed by atoms with E-state index < -0.39 is 19.1 Å². The van der Waals surface area contributed by atoms with Crippen molar-refractivity contribution in [3.63, 3.8) is 0 Å². The maximum Gasteiger partial charge on any atom is 0.101 e. The van der Waals surface area contributed by atoms with Crippen molar-refractivity contribution in [2.24, 2.45) is 0 Å². The highest BCUT2D eigenvalue weighted by molar-refractivity contribution is 7.84. The van der Waals surface area contributed by atoms with Crippen LogP contribution in [0.25, 0.3) is 0 Å². The van der Waals surface area contributed by atoms with Gasteiger partial charge in [-0.3, -0.25) is 0 Å². The maximum atomic E-state index is 12.9. The molecule has 128 valence electrons. The number of hydrogen-bond acceptors (Lipinski definition) is 1. The average Bonchev–Trinajstić information content (AvgIpc) is 3.08. The molecule has 0 saturated carbocycles. The predicted octanol–water partition coefficient (Wildman–Crippen LogP) is 5.07. The molecular weight excluding hydrogens is 306 g/mol. The number of nitrogens with zero attached hydrogens (tertiary/aromatic N) is 1. The number of unbranched alkanes of at least 4 members (excludes halogenated alkanes) is 1. The van der Waals surface area contributed by atoms with Crippen LogP contribution in [0.15, 0.2) is 23.4 Å². The molecule has 1 rings (SSSR count). The second kappa shape index (κ2) is 7.58. The molecule has 22 heavy (non-hydrogen) atoms. The second-order valence-corrected chi connectivity index (χ2v) is 15.5. The van der Waals surface area contributed by atoms with Crippen molar-refractivity contribution in [3.8, 4) is 0 Å². The molecule has 0 spiro atoms. The minimum atomic E-state index is -1.22. The largest absolute Gasteiger partial charge is 0.242 e. The monoisotopic (exact) mass is 341 g/mol. The van der Waals surface area contributed by atoms with Crippen molar-refractivity contribution in [2.75, 3.05) is 0 Å². The van der Waals surface area contributed by atoms with Gasteiger partial charge in [-0.25, -0.2) is 8.51 Å². The van der Waals surface area contributed by atoms with Crippen LogP contribution in [0, 0.1) is 0 Å². The van der Waals surface area contributed by atoms with Gasteiger partial charge >= 0.3 is 0 Å². The van der Waals surface area contributed by atoms with Gasteiger partial charge in [-0.1, -0.05) is 63.3 Å². The van der Waals surface area contributed by atoms with Crippen molar-refractivity contribution >= 4 is 19.1 Å². The lowest BCUT2D eigenvalue weighted by atomic mass is 10.1. The summed E-state index contributed by atoms with van der Waals surface area (Å²) in [6, 6.07) is 0.680. The van der Waals surface area contributed by atoms with Crippen LogP contribution in [0.4, 0.5) is 0 Å². The summed E-state index contributed by atoms with van der Waals surface area (Å²) >= 11 is 0. The molecule has 0 aromatic heterocycles. The first-order chi connectivity index (χ1) is 10.0. The van der Waals surface area contributed by atoms with Crippen LogP contribution in [-0.4, -0.2) is 33.4 Å². The van der Waals surface area contributed by atoms with Gasteiger partial charge in [-0.2, -0.15) is 0 Å². The van der Waals surface area contributed by atoms with Crippen molar-refractivity contribution in [2.45, 2.75) is 90.4 Å². The minimum Gasteiger partial charge on any atom is -0.242 e. The summed E-state index contributed by atoms with van der Waals surface area (Å²) in [7, 11) is -2.15. The van der Waals surface area contributed by atoms with Crippen molar-refractivity contribution in [1.82, 2.24) is 4.31 Å². The molecule has 0 radical (unpaired) electrons. The Morgan fingerprint density at radius 3 is 2.23 bits per heavy atom. The molecule has 1 saturated heterocycles. The van der Waals surface area contributed by atoms with E-state index in [0.717, 1.165) is 12.8 Å². The Kier molecular flexibility index (Phi) is 6.84. The summed E-state index contributed by atoms with van der Waals surface area (Å²) < 4.78 is 14.9. The summed E-state index contributed by atoms with van der Waals surface area (Å²) in [5.41, 5.74) is 3.86. The molecule has 1 heterocycles. The molecule has 0 amide bonds. The first-order valence-electron chi connectivity index (χ1n) is 8.61. The van der Waals surface area contributed by atoms with Crippen LogP contribution in [-0.2, 0) is 11.0 Å². The standard InChI is InChI=1S/C18H35NOSSi/c1-9-11-12-15(10-2)17-16(13-14-22(6,7)8)19(17)21(20)18(3,4)5/h12-14,16-17H,9-11H2,1-8H3/b14-13+,15-12+. The second-order valence-electron chi connectivity index (χ2n) is 8.30. The van der Waals surface area contributed by atoms with Gasteiger partial charge in [0.1, 0.15) is 11.0 Å². The first kappa shape index (κ1) is 19.9. The summed E-state index contributed by atoms with van der Waals surface area (Å²) in [6.07, 6.45) is 8.06. The Bertz CT molecular complexity index is 457. The van der Waals surface area contributed by atoms with Gasteiger partial charge in [0.05, 0.1) is 24.9 Å². The van der Waals surface area contributed by atoms with Gasteiger partial charge in [0.2, 0.25) is 0 Å². The van der Waals surface area contributed by atoms with E-state index in [1.54, 1.807) is 0 Å². The van der Waals surface area contributed by atoms with E-state index in [2.05, 4.69) is 76.4 Å². The third kappa shape index (κ3) is 5.46. The average molecular weight is 342 g/mol. The summed E-state index contributed by atoms with van der Waals surface area (Å²) in [4.78, 5) is 0. The molecule has 1 aliphatic heterocycles. The molecule has 0 aromatic rings. The van der Waals surface area contributed by atoms with Gasteiger partial charge in [0, 0.05) is 0 Å². The Morgan fingerprint density at radius 1 is 1.23 bits per heavy atom. The van der Waals surface area contributed by atoms with E-state index in [0.29, 0.717) is 12.1 Å². The highest BCUT2D eigenvalue weighted by Crippen LogP contribution is 2.41. The van der Waals surface area contributed by atoms with Crippen LogP contribution in [0.2, 0.25) is 19.6 Å². The van der Waals surface area contributed by atoms with Gasteiger partial charge in [-0.05, 0) is 33.6 Å². The van der Waals surface area contributed by atoms with E-state index in [4.69, 9.17) is 0 Å². The Balaban J connectivity index is 3.01. The topological polar surface area (TPSA) is 20.1 Å². The molecule has 0 N–H and O–H groups in total. The van der Waals surface area contributed by atoms with E-state index >= 15 is 0 Å². The van der Waals surface area contributed by atoms with Crippen molar-refractivity contribution in [3.05, 3.63) is 23.4 Å². The molecule has 0 aromatic carbocycles. The molecular formula is C18H35NOSSi. The van der Waals surface area contributed by atoms with Crippen LogP contribution < -0.4 is 0 Å². The SMILES string of the molecule is CCC/C=C(\CC)C1C(/C=C/[Si](C)(C)C)N1S(=O)C(C)(C)C. The van der Waals surface area contributed by atoms with Gasteiger partial charge in [-0.15, -0.1) is 0 Å². The Morgan fingerprint density at radius 2 is 1.82 bits per heavy atom. The molecule has 0 aliphatic carbocycles. The van der Waals surface area contributed by atoms with Gasteiger partial charge in [0.15, 0.2) is 0 Å². The van der Waals surface area contributed by atoms with Crippen molar-refractivity contribution in [1.29, 1.82) is 0 Å². The predicted molar refractivity (Wildman–Crippen MR) is 103 cm³/mol. The summed E-state index contributed by atoms with van der Waals surface area (Å²) in [5.74, 6) is 0. The van der Waals surface area contributed by atoms with E-state index in [-0.39, 0.29) is 4.75 Å². The molecule has 4 atom stereocenters. The molecule has 4 unspecified atom stereocenters. The summed E-state index contributed by atoms with van der Waals surface area (Å²) in [5, 5.41) is 0. The molecule has 1 fully saturated rings. The third-order valence-corrected chi connectivity index (χ3v) is 6.89. The summed E-state index contributed by atoms with van der Waals surface area (Å²) in [6.45, 7) is 17.7. The van der Waals surface area contributed by atoms with E-state index in [1.807, 2.05) is 0 Å². The van der Waals surface area contributed by atoms with Crippen molar-refractivity contribution < 1.29 is 4.21 Å². The quantitative estimate of drug-likeness (QED) is 0.359. The smallest absolute Gasteiger partial charge is 0.101 e. The Labute approximate surface area is 141 Å². The molecule has 1 aliphatic rings. The number of hydrogen-bond donors (Lipinski definition) is 0. The lowest BCUT2D eigenvalue weighted by Gasteiger charge is -2.19. The zero-order valence-corrected chi connectivity index (χ0v) is 17.6. The first-order valence-corrected chi connectivity index (χ1v) is 13.3. The zero-order chi connectivity index (χ0) is 17.1. The molecule has 0 bridgehead atoms. The fourth-order valence-corrected chi connectivity index (χ4v) is 4.75. The van der Waals surface area contributed by atoms with Crippen LogP contribution in [0.5, 0.6) is 0 Å². The zero-order valence-electron chi connectivity index (χ0n) is 15.8. The van der Waals surface area contributed by atoms with Crippen LogP contribution in [0.1, 0.15) is 53.9 Å². The maximum absolute atomic E-state index is 12.9. The highest BCUT2D eigenvalue weighted by Gasteiger charge is 2.53.